The number of methoxy groups -OCH3 is 1. The lowest BCUT2D eigenvalue weighted by Crippen LogP contribution is -2.36. The molecular formula is C22H29N3O3. The molecular weight excluding hydrogens is 354 g/mol. The minimum Gasteiger partial charge on any atom is -0.493 e. The minimum atomic E-state index is -0.0435. The minimum absolute atomic E-state index is 0.0435. The van der Waals surface area contributed by atoms with Crippen LogP contribution in [-0.2, 0) is 11.3 Å². The number of carbonyl (C=O) groups excluding carboxylic acids is 1. The van der Waals surface area contributed by atoms with Crippen LogP contribution >= 0.6 is 0 Å². The lowest BCUT2D eigenvalue weighted by Gasteiger charge is -2.26. The van der Waals surface area contributed by atoms with E-state index >= 15 is 0 Å². The lowest BCUT2D eigenvalue weighted by molar-refractivity contribution is -0.117. The Kier molecular flexibility index (Phi) is 7.12. The van der Waals surface area contributed by atoms with Crippen LogP contribution in [0.4, 0.5) is 0 Å². The van der Waals surface area contributed by atoms with Gasteiger partial charge < -0.3 is 14.8 Å². The van der Waals surface area contributed by atoms with Gasteiger partial charge in [0.05, 0.1) is 13.7 Å². The second-order valence-corrected chi connectivity index (χ2v) is 7.33. The Morgan fingerprint density at radius 3 is 2.82 bits per heavy atom. The van der Waals surface area contributed by atoms with E-state index in [1.54, 1.807) is 25.5 Å². The fourth-order valence-electron chi connectivity index (χ4n) is 3.41. The second-order valence-electron chi connectivity index (χ2n) is 7.33. The summed E-state index contributed by atoms with van der Waals surface area (Å²) in [6.07, 6.45) is 11.5. The largest absolute Gasteiger partial charge is 0.493 e. The zero-order valence-electron chi connectivity index (χ0n) is 16.6. The van der Waals surface area contributed by atoms with Crippen LogP contribution in [0.2, 0.25) is 0 Å². The van der Waals surface area contributed by atoms with E-state index in [1.165, 1.54) is 12.8 Å². The fraction of sp³-hybridized carbons (Fsp3) is 0.455. The van der Waals surface area contributed by atoms with Crippen molar-refractivity contribution in [1.29, 1.82) is 0 Å². The van der Waals surface area contributed by atoms with Gasteiger partial charge in [-0.3, -0.25) is 9.48 Å². The molecule has 0 atom stereocenters. The highest BCUT2D eigenvalue weighted by atomic mass is 16.5. The second kappa shape index (κ2) is 9.97. The molecule has 6 nitrogen and oxygen atoms in total. The SMILES string of the molecule is COc1cc(C=CC(=O)NC2CCC(C)CC2)ccc1OCCn1cccn1. The number of nitrogens with zero attached hydrogens (tertiary/aromatic N) is 2. The van der Waals surface area contributed by atoms with Crippen molar-refractivity contribution in [2.24, 2.45) is 5.92 Å². The summed E-state index contributed by atoms with van der Waals surface area (Å²) in [4.78, 5) is 12.2. The summed E-state index contributed by atoms with van der Waals surface area (Å²) >= 11 is 0. The molecule has 3 rings (SSSR count). The quantitative estimate of drug-likeness (QED) is 0.706. The van der Waals surface area contributed by atoms with Crippen molar-refractivity contribution in [3.05, 3.63) is 48.3 Å². The van der Waals surface area contributed by atoms with E-state index in [4.69, 9.17) is 9.47 Å². The third-order valence-corrected chi connectivity index (χ3v) is 5.11. The van der Waals surface area contributed by atoms with E-state index in [1.807, 2.05) is 35.1 Å². The third-order valence-electron chi connectivity index (χ3n) is 5.11. The summed E-state index contributed by atoms with van der Waals surface area (Å²) in [5.41, 5.74) is 0.892. The zero-order chi connectivity index (χ0) is 19.8. The molecule has 1 aromatic heterocycles. The first-order valence-corrected chi connectivity index (χ1v) is 9.91. The molecule has 150 valence electrons. The summed E-state index contributed by atoms with van der Waals surface area (Å²) in [6, 6.07) is 7.83. The average Bonchev–Trinajstić information content (AvgIpc) is 3.22. The van der Waals surface area contributed by atoms with Gasteiger partial charge in [0.25, 0.3) is 0 Å². The Bertz CT molecular complexity index is 778. The molecule has 28 heavy (non-hydrogen) atoms. The Balaban J connectivity index is 1.52. The van der Waals surface area contributed by atoms with Crippen LogP contribution in [-0.4, -0.2) is 35.4 Å². The molecule has 0 aliphatic heterocycles. The Morgan fingerprint density at radius 2 is 2.11 bits per heavy atom. The molecule has 0 saturated heterocycles. The van der Waals surface area contributed by atoms with Crippen molar-refractivity contribution >= 4 is 12.0 Å². The molecule has 1 fully saturated rings. The molecule has 2 aromatic rings. The van der Waals surface area contributed by atoms with E-state index in [0.717, 1.165) is 24.3 Å². The van der Waals surface area contributed by atoms with Crippen LogP contribution in [0.5, 0.6) is 11.5 Å². The zero-order valence-corrected chi connectivity index (χ0v) is 16.6. The molecule has 0 radical (unpaired) electrons. The van der Waals surface area contributed by atoms with E-state index in [9.17, 15) is 4.79 Å². The van der Waals surface area contributed by atoms with Gasteiger partial charge in [0.15, 0.2) is 11.5 Å². The highest BCUT2D eigenvalue weighted by Crippen LogP contribution is 2.28. The predicted octanol–water partition coefficient (Wildman–Crippen LogP) is 3.68. The van der Waals surface area contributed by atoms with Crippen LogP contribution < -0.4 is 14.8 Å². The number of ether oxygens (including phenoxy) is 2. The van der Waals surface area contributed by atoms with Crippen molar-refractivity contribution in [3.63, 3.8) is 0 Å². The molecule has 1 aliphatic carbocycles. The molecule has 1 amide bonds. The molecule has 1 aromatic carbocycles. The first-order chi connectivity index (χ1) is 13.6. The molecule has 1 N–H and O–H groups in total. The molecule has 0 spiro atoms. The van der Waals surface area contributed by atoms with Gasteiger partial charge in [-0.1, -0.05) is 13.0 Å². The maximum absolute atomic E-state index is 12.2. The standard InChI is InChI=1S/C22H29N3O3/c1-17-4-8-19(9-5-17)24-22(26)11-7-18-6-10-20(21(16-18)27-2)28-15-14-25-13-3-12-23-25/h3,6-7,10-13,16-17,19H,4-5,8-9,14-15H2,1-2H3,(H,24,26). The number of hydrogen-bond donors (Lipinski definition) is 1. The first kappa shape index (κ1) is 20.0. The van der Waals surface area contributed by atoms with E-state index < -0.39 is 0 Å². The summed E-state index contributed by atoms with van der Waals surface area (Å²) in [5.74, 6) is 2.05. The van der Waals surface area contributed by atoms with Crippen LogP contribution in [0, 0.1) is 5.92 Å². The van der Waals surface area contributed by atoms with Gasteiger partial charge in [-0.05, 0) is 61.4 Å². The van der Waals surface area contributed by atoms with Gasteiger partial charge in [-0.2, -0.15) is 5.10 Å². The number of hydrogen-bond acceptors (Lipinski definition) is 4. The summed E-state index contributed by atoms with van der Waals surface area (Å²) in [5, 5.41) is 7.25. The van der Waals surface area contributed by atoms with Crippen molar-refractivity contribution in [1.82, 2.24) is 15.1 Å². The van der Waals surface area contributed by atoms with Crippen molar-refractivity contribution in [3.8, 4) is 11.5 Å². The van der Waals surface area contributed by atoms with Crippen LogP contribution in [0.1, 0.15) is 38.2 Å². The van der Waals surface area contributed by atoms with Crippen molar-refractivity contribution in [2.75, 3.05) is 13.7 Å². The number of carbonyl (C=O) groups is 1. The van der Waals surface area contributed by atoms with Gasteiger partial charge >= 0.3 is 0 Å². The smallest absolute Gasteiger partial charge is 0.244 e. The van der Waals surface area contributed by atoms with Gasteiger partial charge in [0.2, 0.25) is 5.91 Å². The fourth-order valence-corrected chi connectivity index (χ4v) is 3.41. The number of amides is 1. The Labute approximate surface area is 166 Å². The number of aromatic nitrogens is 2. The van der Waals surface area contributed by atoms with E-state index in [-0.39, 0.29) is 5.91 Å². The molecule has 0 unspecified atom stereocenters. The van der Waals surface area contributed by atoms with Crippen molar-refractivity contribution < 1.29 is 14.3 Å². The van der Waals surface area contributed by atoms with Gasteiger partial charge in [-0.15, -0.1) is 0 Å². The van der Waals surface area contributed by atoms with E-state index in [0.29, 0.717) is 30.7 Å². The average molecular weight is 383 g/mol. The van der Waals surface area contributed by atoms with Gasteiger partial charge in [0.1, 0.15) is 6.61 Å². The molecule has 1 aliphatic rings. The van der Waals surface area contributed by atoms with Crippen molar-refractivity contribution in [2.45, 2.75) is 45.2 Å². The maximum atomic E-state index is 12.2. The van der Waals surface area contributed by atoms with Gasteiger partial charge in [0, 0.05) is 24.5 Å². The van der Waals surface area contributed by atoms with Gasteiger partial charge in [-0.25, -0.2) is 0 Å². The molecule has 6 heteroatoms. The van der Waals surface area contributed by atoms with E-state index in [2.05, 4.69) is 17.3 Å². The highest BCUT2D eigenvalue weighted by molar-refractivity contribution is 5.92. The summed E-state index contributed by atoms with van der Waals surface area (Å²) in [6.45, 7) is 3.43. The highest BCUT2D eigenvalue weighted by Gasteiger charge is 2.18. The summed E-state index contributed by atoms with van der Waals surface area (Å²) < 4.78 is 13.0. The topological polar surface area (TPSA) is 65.4 Å². The van der Waals surface area contributed by atoms with Crippen LogP contribution in [0.3, 0.4) is 0 Å². The Hall–Kier alpha value is -2.76. The normalized spacial score (nSPS) is 19.5. The number of rotatable bonds is 8. The molecule has 1 saturated carbocycles. The van der Waals surface area contributed by atoms with Crippen LogP contribution in [0.25, 0.3) is 6.08 Å². The molecule has 0 bridgehead atoms. The molecule has 1 heterocycles. The Morgan fingerprint density at radius 1 is 1.29 bits per heavy atom. The first-order valence-electron chi connectivity index (χ1n) is 9.91. The lowest BCUT2D eigenvalue weighted by atomic mass is 9.87. The number of nitrogens with one attached hydrogen (secondary N) is 1. The van der Waals surface area contributed by atoms with Crippen LogP contribution in [0.15, 0.2) is 42.7 Å². The third kappa shape index (κ3) is 5.87. The maximum Gasteiger partial charge on any atom is 0.244 e. The number of benzene rings is 1. The summed E-state index contributed by atoms with van der Waals surface area (Å²) in [7, 11) is 1.61. The predicted molar refractivity (Wildman–Crippen MR) is 109 cm³/mol. The monoisotopic (exact) mass is 383 g/mol.